The molecule has 0 saturated carbocycles. The maximum absolute atomic E-state index is 5.01. The van der Waals surface area contributed by atoms with Crippen LogP contribution >= 0.6 is 0 Å². The van der Waals surface area contributed by atoms with Crippen molar-refractivity contribution in [3.05, 3.63) is 41.2 Å². The van der Waals surface area contributed by atoms with Crippen molar-refractivity contribution in [2.45, 2.75) is 40.0 Å². The third-order valence-electron chi connectivity index (χ3n) is 3.50. The SMILES string of the molecule is COCc1ncc(CN(C)CCCn2nc(C)cc2C)cn1. The Morgan fingerprint density at radius 1 is 1.23 bits per heavy atom. The predicted octanol–water partition coefficient (Wildman–Crippen LogP) is 1.96. The fourth-order valence-corrected chi connectivity index (χ4v) is 2.45. The van der Waals surface area contributed by atoms with E-state index in [1.807, 2.05) is 19.3 Å². The molecule has 6 nitrogen and oxygen atoms in total. The minimum Gasteiger partial charge on any atom is -0.377 e. The summed E-state index contributed by atoms with van der Waals surface area (Å²) in [5.41, 5.74) is 3.43. The summed E-state index contributed by atoms with van der Waals surface area (Å²) in [5.74, 6) is 0.721. The topological polar surface area (TPSA) is 56.1 Å². The van der Waals surface area contributed by atoms with Crippen molar-refractivity contribution >= 4 is 0 Å². The van der Waals surface area contributed by atoms with E-state index in [2.05, 4.69) is 44.7 Å². The summed E-state index contributed by atoms with van der Waals surface area (Å²) in [6.07, 6.45) is 4.82. The molecule has 2 aromatic rings. The lowest BCUT2D eigenvalue weighted by Gasteiger charge is -2.16. The molecule has 2 heterocycles. The van der Waals surface area contributed by atoms with Gasteiger partial charge in [0.25, 0.3) is 0 Å². The van der Waals surface area contributed by atoms with E-state index < -0.39 is 0 Å². The minimum atomic E-state index is 0.457. The second-order valence-electron chi connectivity index (χ2n) is 5.68. The van der Waals surface area contributed by atoms with E-state index in [4.69, 9.17) is 4.74 Å². The van der Waals surface area contributed by atoms with Crippen molar-refractivity contribution < 1.29 is 4.74 Å². The van der Waals surface area contributed by atoms with Crippen molar-refractivity contribution in [2.75, 3.05) is 20.7 Å². The number of hydrogen-bond donors (Lipinski definition) is 0. The number of aromatic nitrogens is 4. The Morgan fingerprint density at radius 3 is 2.55 bits per heavy atom. The van der Waals surface area contributed by atoms with Gasteiger partial charge >= 0.3 is 0 Å². The third kappa shape index (κ3) is 4.89. The van der Waals surface area contributed by atoms with Gasteiger partial charge in [-0.05, 0) is 39.9 Å². The van der Waals surface area contributed by atoms with Gasteiger partial charge in [0.15, 0.2) is 5.82 Å². The lowest BCUT2D eigenvalue weighted by atomic mass is 10.3. The first-order valence-electron chi connectivity index (χ1n) is 7.57. The van der Waals surface area contributed by atoms with Gasteiger partial charge in [-0.1, -0.05) is 0 Å². The zero-order valence-electron chi connectivity index (χ0n) is 13.9. The van der Waals surface area contributed by atoms with Crippen molar-refractivity contribution in [1.82, 2.24) is 24.6 Å². The monoisotopic (exact) mass is 303 g/mol. The normalized spacial score (nSPS) is 11.3. The molecule has 0 amide bonds. The highest BCUT2D eigenvalue weighted by Gasteiger charge is 2.04. The second kappa shape index (κ2) is 8.00. The van der Waals surface area contributed by atoms with Crippen LogP contribution in [0.2, 0.25) is 0 Å². The van der Waals surface area contributed by atoms with Gasteiger partial charge in [0.05, 0.1) is 5.69 Å². The molecule has 0 radical (unpaired) electrons. The van der Waals surface area contributed by atoms with Crippen LogP contribution in [-0.2, 0) is 24.4 Å². The van der Waals surface area contributed by atoms with Gasteiger partial charge in [0.2, 0.25) is 0 Å². The fraction of sp³-hybridized carbons (Fsp3) is 0.562. The quantitative estimate of drug-likeness (QED) is 0.746. The number of hydrogen-bond acceptors (Lipinski definition) is 5. The molecule has 0 N–H and O–H groups in total. The average Bonchev–Trinajstić information content (AvgIpc) is 2.79. The van der Waals surface area contributed by atoms with E-state index in [1.165, 1.54) is 5.69 Å². The van der Waals surface area contributed by atoms with Crippen molar-refractivity contribution in [2.24, 2.45) is 0 Å². The van der Waals surface area contributed by atoms with Crippen molar-refractivity contribution in [3.8, 4) is 0 Å². The summed E-state index contributed by atoms with van der Waals surface area (Å²) in [5, 5.41) is 4.48. The highest BCUT2D eigenvalue weighted by Crippen LogP contribution is 2.05. The fourth-order valence-electron chi connectivity index (χ4n) is 2.45. The molecule has 2 rings (SSSR count). The highest BCUT2D eigenvalue weighted by molar-refractivity contribution is 5.06. The van der Waals surface area contributed by atoms with Gasteiger partial charge in [-0.15, -0.1) is 0 Å². The first kappa shape index (κ1) is 16.6. The van der Waals surface area contributed by atoms with Gasteiger partial charge in [0, 0.05) is 43.9 Å². The van der Waals surface area contributed by atoms with Gasteiger partial charge in [-0.3, -0.25) is 4.68 Å². The van der Waals surface area contributed by atoms with Crippen LogP contribution in [0.25, 0.3) is 0 Å². The average molecular weight is 303 g/mol. The maximum Gasteiger partial charge on any atom is 0.153 e. The van der Waals surface area contributed by atoms with E-state index >= 15 is 0 Å². The maximum atomic E-state index is 5.01. The lowest BCUT2D eigenvalue weighted by molar-refractivity contribution is 0.177. The van der Waals surface area contributed by atoms with Crippen LogP contribution in [-0.4, -0.2) is 45.4 Å². The lowest BCUT2D eigenvalue weighted by Crippen LogP contribution is -2.21. The molecule has 120 valence electrons. The zero-order chi connectivity index (χ0) is 15.9. The zero-order valence-corrected chi connectivity index (χ0v) is 13.9. The van der Waals surface area contributed by atoms with Gasteiger partial charge in [-0.2, -0.15) is 5.10 Å². The number of aryl methyl sites for hydroxylation is 3. The Morgan fingerprint density at radius 2 is 1.95 bits per heavy atom. The van der Waals surface area contributed by atoms with E-state index in [0.717, 1.165) is 43.1 Å². The Labute approximate surface area is 132 Å². The standard InChI is InChI=1S/C16H25N5O/c1-13-8-14(2)21(19-13)7-5-6-20(3)11-15-9-17-16(12-22-4)18-10-15/h8-10H,5-7,11-12H2,1-4H3. The summed E-state index contributed by atoms with van der Waals surface area (Å²) < 4.78 is 7.09. The molecule has 0 unspecified atom stereocenters. The van der Waals surface area contributed by atoms with Crippen LogP contribution < -0.4 is 0 Å². The highest BCUT2D eigenvalue weighted by atomic mass is 16.5. The van der Waals surface area contributed by atoms with E-state index in [-0.39, 0.29) is 0 Å². The largest absolute Gasteiger partial charge is 0.377 e. The van der Waals surface area contributed by atoms with E-state index in [1.54, 1.807) is 7.11 Å². The number of rotatable bonds is 8. The summed E-state index contributed by atoms with van der Waals surface area (Å²) in [7, 11) is 3.76. The molecule has 22 heavy (non-hydrogen) atoms. The second-order valence-corrected chi connectivity index (χ2v) is 5.68. The van der Waals surface area contributed by atoms with Crippen LogP contribution in [0.15, 0.2) is 18.5 Å². The van der Waals surface area contributed by atoms with Crippen molar-refractivity contribution in [1.29, 1.82) is 0 Å². The summed E-state index contributed by atoms with van der Waals surface area (Å²) in [4.78, 5) is 10.9. The Kier molecular flexibility index (Phi) is 6.03. The summed E-state index contributed by atoms with van der Waals surface area (Å²) in [6, 6.07) is 2.11. The van der Waals surface area contributed by atoms with E-state index in [9.17, 15) is 0 Å². The van der Waals surface area contributed by atoms with E-state index in [0.29, 0.717) is 6.61 Å². The molecule has 0 aliphatic rings. The molecule has 6 heteroatoms. The molecule has 0 bridgehead atoms. The number of ether oxygens (including phenoxy) is 1. The molecule has 0 spiro atoms. The van der Waals surface area contributed by atoms with Crippen molar-refractivity contribution in [3.63, 3.8) is 0 Å². The Bertz CT molecular complexity index is 579. The Balaban J connectivity index is 1.75. The molecule has 2 aromatic heterocycles. The number of methoxy groups -OCH3 is 1. The van der Waals surface area contributed by atoms with Crippen LogP contribution in [0.1, 0.15) is 29.2 Å². The molecular formula is C16H25N5O. The number of nitrogens with zero attached hydrogens (tertiary/aromatic N) is 5. The van der Waals surface area contributed by atoms with Gasteiger partial charge in [-0.25, -0.2) is 9.97 Å². The van der Waals surface area contributed by atoms with Crippen LogP contribution in [0.4, 0.5) is 0 Å². The minimum absolute atomic E-state index is 0.457. The molecule has 0 fully saturated rings. The first-order valence-corrected chi connectivity index (χ1v) is 7.57. The molecule has 0 saturated heterocycles. The predicted molar refractivity (Wildman–Crippen MR) is 85.4 cm³/mol. The third-order valence-corrected chi connectivity index (χ3v) is 3.50. The van der Waals surface area contributed by atoms with Gasteiger partial charge in [0.1, 0.15) is 6.61 Å². The molecule has 0 aliphatic heterocycles. The first-order chi connectivity index (χ1) is 10.6. The summed E-state index contributed by atoms with van der Waals surface area (Å²) in [6.45, 7) is 7.40. The molecule has 0 atom stereocenters. The molecular weight excluding hydrogens is 278 g/mol. The van der Waals surface area contributed by atoms with Crippen LogP contribution in [0, 0.1) is 13.8 Å². The molecule has 0 aromatic carbocycles. The van der Waals surface area contributed by atoms with Crippen LogP contribution in [0.3, 0.4) is 0 Å². The Hall–Kier alpha value is -1.79. The van der Waals surface area contributed by atoms with Crippen LogP contribution in [0.5, 0.6) is 0 Å². The summed E-state index contributed by atoms with van der Waals surface area (Å²) >= 11 is 0. The smallest absolute Gasteiger partial charge is 0.153 e. The van der Waals surface area contributed by atoms with Gasteiger partial charge < -0.3 is 9.64 Å². The molecule has 0 aliphatic carbocycles.